The Labute approximate surface area is 114 Å². The van der Waals surface area contributed by atoms with Crippen LogP contribution in [0.5, 0.6) is 0 Å². The Kier molecular flexibility index (Phi) is 4.74. The SMILES string of the molecule is O=S(=O)(/C=C/c1ccccc1)NC1CCCCC1O. The van der Waals surface area contributed by atoms with Gasteiger partial charge in [-0.25, -0.2) is 13.1 Å². The zero-order chi connectivity index (χ0) is 13.7. The molecule has 4 nitrogen and oxygen atoms in total. The first-order valence-electron chi connectivity index (χ1n) is 6.50. The van der Waals surface area contributed by atoms with Crippen molar-refractivity contribution in [2.24, 2.45) is 0 Å². The van der Waals surface area contributed by atoms with Crippen LogP contribution in [0.1, 0.15) is 31.2 Å². The summed E-state index contributed by atoms with van der Waals surface area (Å²) in [5.74, 6) is 0. The van der Waals surface area contributed by atoms with Crippen molar-refractivity contribution in [1.29, 1.82) is 0 Å². The van der Waals surface area contributed by atoms with E-state index in [4.69, 9.17) is 0 Å². The van der Waals surface area contributed by atoms with Crippen LogP contribution >= 0.6 is 0 Å². The third-order valence-electron chi connectivity index (χ3n) is 3.28. The van der Waals surface area contributed by atoms with Gasteiger partial charge in [0.2, 0.25) is 10.0 Å². The summed E-state index contributed by atoms with van der Waals surface area (Å²) >= 11 is 0. The maximum absolute atomic E-state index is 11.9. The molecule has 0 heterocycles. The van der Waals surface area contributed by atoms with E-state index in [0.29, 0.717) is 12.8 Å². The van der Waals surface area contributed by atoms with Crippen molar-refractivity contribution in [2.75, 3.05) is 0 Å². The highest BCUT2D eigenvalue weighted by molar-refractivity contribution is 7.92. The quantitative estimate of drug-likeness (QED) is 0.885. The van der Waals surface area contributed by atoms with Crippen LogP contribution < -0.4 is 4.72 Å². The topological polar surface area (TPSA) is 66.4 Å². The summed E-state index contributed by atoms with van der Waals surface area (Å²) in [5, 5.41) is 10.9. The van der Waals surface area contributed by atoms with Gasteiger partial charge in [0.15, 0.2) is 0 Å². The van der Waals surface area contributed by atoms with Gasteiger partial charge in [0, 0.05) is 11.4 Å². The number of aliphatic hydroxyl groups excluding tert-OH is 1. The molecule has 0 bridgehead atoms. The van der Waals surface area contributed by atoms with Gasteiger partial charge in [-0.2, -0.15) is 0 Å². The fourth-order valence-corrected chi connectivity index (χ4v) is 3.34. The third-order valence-corrected chi connectivity index (χ3v) is 4.41. The Hall–Kier alpha value is -1.17. The molecule has 2 unspecified atom stereocenters. The minimum Gasteiger partial charge on any atom is -0.391 e. The molecule has 2 rings (SSSR count). The third kappa shape index (κ3) is 4.45. The molecule has 0 amide bonds. The van der Waals surface area contributed by atoms with Crippen LogP contribution in [0.4, 0.5) is 0 Å². The first kappa shape index (κ1) is 14.2. The first-order chi connectivity index (χ1) is 9.07. The zero-order valence-corrected chi connectivity index (χ0v) is 11.5. The summed E-state index contributed by atoms with van der Waals surface area (Å²) in [6, 6.07) is 8.89. The Morgan fingerprint density at radius 1 is 1.16 bits per heavy atom. The highest BCUT2D eigenvalue weighted by atomic mass is 32.2. The second-order valence-corrected chi connectivity index (χ2v) is 6.43. The summed E-state index contributed by atoms with van der Waals surface area (Å²) in [7, 11) is -3.50. The maximum atomic E-state index is 11.9. The van der Waals surface area contributed by atoms with Crippen molar-refractivity contribution in [3.63, 3.8) is 0 Å². The normalized spacial score (nSPS) is 24.7. The predicted molar refractivity (Wildman–Crippen MR) is 75.8 cm³/mol. The molecular formula is C14H19NO3S. The molecule has 1 fully saturated rings. The average molecular weight is 281 g/mol. The molecule has 0 radical (unpaired) electrons. The van der Waals surface area contributed by atoms with Crippen molar-refractivity contribution in [3.05, 3.63) is 41.3 Å². The fraction of sp³-hybridized carbons (Fsp3) is 0.429. The monoisotopic (exact) mass is 281 g/mol. The number of hydrogen-bond acceptors (Lipinski definition) is 3. The van der Waals surface area contributed by atoms with Crippen LogP contribution in [0.25, 0.3) is 6.08 Å². The average Bonchev–Trinajstić information content (AvgIpc) is 2.40. The molecule has 5 heteroatoms. The summed E-state index contributed by atoms with van der Waals surface area (Å²) < 4.78 is 26.4. The van der Waals surface area contributed by atoms with Crippen molar-refractivity contribution in [1.82, 2.24) is 4.72 Å². The van der Waals surface area contributed by atoms with E-state index in [1.807, 2.05) is 30.3 Å². The standard InChI is InChI=1S/C14H19NO3S/c16-14-9-5-4-8-13(14)15-19(17,18)11-10-12-6-2-1-3-7-12/h1-3,6-7,10-11,13-16H,4-5,8-9H2/b11-10+. The summed E-state index contributed by atoms with van der Waals surface area (Å²) in [6.07, 6.45) is 4.24. The Balaban J connectivity index is 2.00. The van der Waals surface area contributed by atoms with Gasteiger partial charge in [0.05, 0.1) is 6.10 Å². The molecule has 1 aliphatic carbocycles. The number of aliphatic hydroxyl groups is 1. The van der Waals surface area contributed by atoms with Gasteiger partial charge >= 0.3 is 0 Å². The molecule has 19 heavy (non-hydrogen) atoms. The van der Waals surface area contributed by atoms with Gasteiger partial charge in [-0.3, -0.25) is 0 Å². The van der Waals surface area contributed by atoms with Crippen LogP contribution in [0, 0.1) is 0 Å². The molecule has 1 aliphatic rings. The molecule has 1 aromatic rings. The van der Waals surface area contributed by atoms with Crippen LogP contribution in [0.2, 0.25) is 0 Å². The summed E-state index contributed by atoms with van der Waals surface area (Å²) in [6.45, 7) is 0. The van der Waals surface area contributed by atoms with Crippen LogP contribution in [-0.4, -0.2) is 25.7 Å². The Bertz CT molecular complexity index is 525. The maximum Gasteiger partial charge on any atom is 0.234 e. The highest BCUT2D eigenvalue weighted by Crippen LogP contribution is 2.19. The van der Waals surface area contributed by atoms with E-state index in [1.54, 1.807) is 6.08 Å². The van der Waals surface area contributed by atoms with E-state index in [1.165, 1.54) is 0 Å². The Morgan fingerprint density at radius 2 is 1.84 bits per heavy atom. The van der Waals surface area contributed by atoms with Crippen molar-refractivity contribution < 1.29 is 13.5 Å². The van der Waals surface area contributed by atoms with Gasteiger partial charge in [0.25, 0.3) is 0 Å². The van der Waals surface area contributed by atoms with E-state index in [0.717, 1.165) is 23.8 Å². The van der Waals surface area contributed by atoms with Crippen molar-refractivity contribution in [2.45, 2.75) is 37.8 Å². The molecule has 0 aromatic heterocycles. The molecule has 0 spiro atoms. The lowest BCUT2D eigenvalue weighted by molar-refractivity contribution is 0.101. The number of benzene rings is 1. The molecule has 2 atom stereocenters. The van der Waals surface area contributed by atoms with Gasteiger partial charge < -0.3 is 5.11 Å². The minimum atomic E-state index is -3.50. The van der Waals surface area contributed by atoms with Crippen LogP contribution in [0.3, 0.4) is 0 Å². The molecule has 104 valence electrons. The second kappa shape index (κ2) is 6.32. The zero-order valence-electron chi connectivity index (χ0n) is 10.7. The minimum absolute atomic E-state index is 0.362. The summed E-state index contributed by atoms with van der Waals surface area (Å²) in [5.41, 5.74) is 0.831. The van der Waals surface area contributed by atoms with Gasteiger partial charge in [-0.05, 0) is 24.5 Å². The van der Waals surface area contributed by atoms with E-state index >= 15 is 0 Å². The fourth-order valence-electron chi connectivity index (χ4n) is 2.23. The lowest BCUT2D eigenvalue weighted by Gasteiger charge is -2.27. The molecular weight excluding hydrogens is 262 g/mol. The Morgan fingerprint density at radius 3 is 2.53 bits per heavy atom. The molecule has 0 aliphatic heterocycles. The molecule has 0 saturated heterocycles. The number of nitrogens with one attached hydrogen (secondary N) is 1. The highest BCUT2D eigenvalue weighted by Gasteiger charge is 2.25. The number of hydrogen-bond donors (Lipinski definition) is 2. The number of rotatable bonds is 4. The van der Waals surface area contributed by atoms with E-state index in [-0.39, 0.29) is 6.04 Å². The van der Waals surface area contributed by atoms with E-state index < -0.39 is 16.1 Å². The summed E-state index contributed by atoms with van der Waals surface area (Å²) in [4.78, 5) is 0. The van der Waals surface area contributed by atoms with Crippen LogP contribution in [-0.2, 0) is 10.0 Å². The van der Waals surface area contributed by atoms with Gasteiger partial charge in [-0.15, -0.1) is 0 Å². The number of sulfonamides is 1. The van der Waals surface area contributed by atoms with E-state index in [2.05, 4.69) is 4.72 Å². The van der Waals surface area contributed by atoms with Crippen LogP contribution in [0.15, 0.2) is 35.7 Å². The molecule has 1 aromatic carbocycles. The van der Waals surface area contributed by atoms with Crippen molar-refractivity contribution in [3.8, 4) is 0 Å². The van der Waals surface area contributed by atoms with Gasteiger partial charge in [0.1, 0.15) is 0 Å². The van der Waals surface area contributed by atoms with Crippen molar-refractivity contribution >= 4 is 16.1 Å². The largest absolute Gasteiger partial charge is 0.391 e. The second-order valence-electron chi connectivity index (χ2n) is 4.83. The molecule has 1 saturated carbocycles. The van der Waals surface area contributed by atoms with Gasteiger partial charge in [-0.1, -0.05) is 43.2 Å². The predicted octanol–water partition coefficient (Wildman–Crippen LogP) is 1.88. The first-order valence-corrected chi connectivity index (χ1v) is 8.05. The lowest BCUT2D eigenvalue weighted by atomic mass is 9.93. The molecule has 2 N–H and O–H groups in total. The lowest BCUT2D eigenvalue weighted by Crippen LogP contribution is -2.44. The van der Waals surface area contributed by atoms with E-state index in [9.17, 15) is 13.5 Å². The smallest absolute Gasteiger partial charge is 0.234 e.